The molecule has 1 aromatic carbocycles. The van der Waals surface area contributed by atoms with E-state index >= 15 is 0 Å². The second kappa shape index (κ2) is 5.20. The average Bonchev–Trinajstić information content (AvgIpc) is 2.18. The first-order chi connectivity index (χ1) is 7.13. The monoisotopic (exact) mass is 206 g/mol. The molecule has 1 rings (SSSR count). The molecule has 0 atom stereocenters. The first kappa shape index (κ1) is 11.3. The maximum absolute atomic E-state index is 11.0. The van der Waals surface area contributed by atoms with Crippen molar-refractivity contribution in [1.82, 2.24) is 0 Å². The average molecular weight is 206 g/mol. The Morgan fingerprint density at radius 3 is 2.53 bits per heavy atom. The van der Waals surface area contributed by atoms with Gasteiger partial charge in [-0.2, -0.15) is 0 Å². The molecule has 0 radical (unpaired) electrons. The van der Waals surface area contributed by atoms with Crippen LogP contribution in [-0.2, 0) is 9.53 Å². The van der Waals surface area contributed by atoms with Crippen LogP contribution in [-0.4, -0.2) is 17.7 Å². The minimum absolute atomic E-state index is 0.0755. The van der Waals surface area contributed by atoms with E-state index in [0.29, 0.717) is 12.2 Å². The molecule has 0 heterocycles. The number of carbonyl (C=O) groups is 1. The fourth-order valence-corrected chi connectivity index (χ4v) is 1.10. The van der Waals surface area contributed by atoms with Crippen molar-refractivity contribution < 1.29 is 14.6 Å². The standard InChI is InChI=1S/C12H14O3/c1-3-15-12(14)8-11(13)10-6-4-9(2)5-7-10/h4-8,13H,3H2,1-2H3. The van der Waals surface area contributed by atoms with E-state index in [-0.39, 0.29) is 5.76 Å². The Hall–Kier alpha value is -1.77. The summed E-state index contributed by atoms with van der Waals surface area (Å²) in [6, 6.07) is 7.23. The van der Waals surface area contributed by atoms with Crippen molar-refractivity contribution in [3.8, 4) is 0 Å². The zero-order valence-corrected chi connectivity index (χ0v) is 8.86. The molecule has 0 aliphatic heterocycles. The lowest BCUT2D eigenvalue weighted by Gasteiger charge is -2.01. The number of aryl methyl sites for hydroxylation is 1. The van der Waals surface area contributed by atoms with Crippen LogP contribution in [0.1, 0.15) is 18.1 Å². The minimum Gasteiger partial charge on any atom is -0.507 e. The molecular weight excluding hydrogens is 192 g/mol. The Morgan fingerprint density at radius 2 is 2.00 bits per heavy atom. The molecule has 0 saturated carbocycles. The van der Waals surface area contributed by atoms with Crippen molar-refractivity contribution in [3.05, 3.63) is 41.5 Å². The molecule has 15 heavy (non-hydrogen) atoms. The number of benzene rings is 1. The van der Waals surface area contributed by atoms with Crippen LogP contribution in [0.3, 0.4) is 0 Å². The third-order valence-electron chi connectivity index (χ3n) is 1.89. The maximum atomic E-state index is 11.0. The molecule has 0 fully saturated rings. The van der Waals surface area contributed by atoms with Gasteiger partial charge in [-0.15, -0.1) is 0 Å². The van der Waals surface area contributed by atoms with Crippen molar-refractivity contribution in [2.24, 2.45) is 0 Å². The molecule has 0 spiro atoms. The Morgan fingerprint density at radius 1 is 1.40 bits per heavy atom. The predicted molar refractivity (Wildman–Crippen MR) is 58.4 cm³/mol. The van der Waals surface area contributed by atoms with Gasteiger partial charge in [-0.25, -0.2) is 4.79 Å². The summed E-state index contributed by atoms with van der Waals surface area (Å²) in [5.74, 6) is -0.607. The van der Waals surface area contributed by atoms with Gasteiger partial charge in [0.2, 0.25) is 0 Å². The molecule has 0 saturated heterocycles. The van der Waals surface area contributed by atoms with Crippen LogP contribution in [0.4, 0.5) is 0 Å². The number of aliphatic hydroxyl groups is 1. The van der Waals surface area contributed by atoms with Crippen LogP contribution in [0, 0.1) is 6.92 Å². The van der Waals surface area contributed by atoms with E-state index in [2.05, 4.69) is 4.74 Å². The summed E-state index contributed by atoms with van der Waals surface area (Å²) in [7, 11) is 0. The zero-order chi connectivity index (χ0) is 11.3. The number of rotatable bonds is 3. The first-order valence-corrected chi connectivity index (χ1v) is 4.78. The van der Waals surface area contributed by atoms with Gasteiger partial charge in [0.25, 0.3) is 0 Å². The number of aliphatic hydroxyl groups excluding tert-OH is 1. The number of hydrogen-bond acceptors (Lipinski definition) is 3. The lowest BCUT2D eigenvalue weighted by Crippen LogP contribution is -2.00. The molecule has 3 nitrogen and oxygen atoms in total. The van der Waals surface area contributed by atoms with Gasteiger partial charge >= 0.3 is 5.97 Å². The van der Waals surface area contributed by atoms with E-state index in [9.17, 15) is 9.90 Å². The smallest absolute Gasteiger partial charge is 0.334 e. The zero-order valence-electron chi connectivity index (χ0n) is 8.86. The van der Waals surface area contributed by atoms with E-state index in [1.54, 1.807) is 19.1 Å². The van der Waals surface area contributed by atoms with E-state index in [1.165, 1.54) is 0 Å². The molecule has 0 amide bonds. The van der Waals surface area contributed by atoms with Crippen molar-refractivity contribution in [2.75, 3.05) is 6.61 Å². The first-order valence-electron chi connectivity index (χ1n) is 4.78. The summed E-state index contributed by atoms with van der Waals surface area (Å²) < 4.78 is 4.68. The van der Waals surface area contributed by atoms with E-state index in [1.807, 2.05) is 19.1 Å². The van der Waals surface area contributed by atoms with Gasteiger partial charge < -0.3 is 9.84 Å². The maximum Gasteiger partial charge on any atom is 0.334 e. The normalized spacial score (nSPS) is 11.2. The number of hydrogen-bond donors (Lipinski definition) is 1. The van der Waals surface area contributed by atoms with Crippen molar-refractivity contribution in [2.45, 2.75) is 13.8 Å². The Kier molecular flexibility index (Phi) is 3.92. The lowest BCUT2D eigenvalue weighted by molar-refractivity contribution is -0.137. The van der Waals surface area contributed by atoms with Crippen LogP contribution in [0.15, 0.2) is 30.3 Å². The van der Waals surface area contributed by atoms with E-state index < -0.39 is 5.97 Å². The number of carbonyl (C=O) groups excluding carboxylic acids is 1. The molecule has 0 aromatic heterocycles. The number of ether oxygens (including phenoxy) is 1. The van der Waals surface area contributed by atoms with Crippen molar-refractivity contribution in [3.63, 3.8) is 0 Å². The molecule has 0 aliphatic rings. The summed E-state index contributed by atoms with van der Waals surface area (Å²) in [6.07, 6.45) is 1.08. The molecular formula is C12H14O3. The highest BCUT2D eigenvalue weighted by Gasteiger charge is 2.02. The van der Waals surface area contributed by atoms with Crippen molar-refractivity contribution in [1.29, 1.82) is 0 Å². The molecule has 3 heteroatoms. The summed E-state index contributed by atoms with van der Waals surface area (Å²) >= 11 is 0. The molecule has 0 bridgehead atoms. The molecule has 1 N–H and O–H groups in total. The predicted octanol–water partition coefficient (Wildman–Crippen LogP) is 2.46. The lowest BCUT2D eigenvalue weighted by atomic mass is 10.1. The van der Waals surface area contributed by atoms with Crippen LogP contribution < -0.4 is 0 Å². The highest BCUT2D eigenvalue weighted by atomic mass is 16.5. The largest absolute Gasteiger partial charge is 0.507 e. The van der Waals surface area contributed by atoms with Crippen LogP contribution in [0.5, 0.6) is 0 Å². The Bertz CT molecular complexity index is 363. The van der Waals surface area contributed by atoms with Crippen molar-refractivity contribution >= 4 is 11.7 Å². The fraction of sp³-hybridized carbons (Fsp3) is 0.250. The topological polar surface area (TPSA) is 46.5 Å². The summed E-state index contributed by atoms with van der Waals surface area (Å²) in [4.78, 5) is 11.0. The van der Waals surface area contributed by atoms with Gasteiger partial charge in [0, 0.05) is 5.56 Å². The SMILES string of the molecule is CCOC(=O)C=C(O)c1ccc(C)cc1. The summed E-state index contributed by atoms with van der Waals surface area (Å²) in [5.41, 5.74) is 1.70. The van der Waals surface area contributed by atoms with Crippen LogP contribution >= 0.6 is 0 Å². The van der Waals surface area contributed by atoms with E-state index in [0.717, 1.165) is 11.6 Å². The minimum atomic E-state index is -0.532. The van der Waals surface area contributed by atoms with Crippen LogP contribution in [0.2, 0.25) is 0 Å². The van der Waals surface area contributed by atoms with Gasteiger partial charge in [-0.05, 0) is 13.8 Å². The Labute approximate surface area is 89.0 Å². The summed E-state index contributed by atoms with van der Waals surface area (Å²) in [6.45, 7) is 3.97. The highest BCUT2D eigenvalue weighted by molar-refractivity contribution is 5.89. The molecule has 0 aliphatic carbocycles. The van der Waals surface area contributed by atoms with Gasteiger partial charge in [0.05, 0.1) is 12.7 Å². The van der Waals surface area contributed by atoms with Crippen LogP contribution in [0.25, 0.3) is 5.76 Å². The van der Waals surface area contributed by atoms with Gasteiger partial charge in [0.1, 0.15) is 5.76 Å². The molecule has 80 valence electrons. The Balaban J connectivity index is 2.79. The quantitative estimate of drug-likeness (QED) is 0.469. The van der Waals surface area contributed by atoms with E-state index in [4.69, 9.17) is 0 Å². The van der Waals surface area contributed by atoms with Gasteiger partial charge in [0.15, 0.2) is 0 Å². The summed E-state index contributed by atoms with van der Waals surface area (Å²) in [5, 5.41) is 9.57. The highest BCUT2D eigenvalue weighted by Crippen LogP contribution is 2.12. The second-order valence-corrected chi connectivity index (χ2v) is 3.15. The van der Waals surface area contributed by atoms with Gasteiger partial charge in [-0.1, -0.05) is 29.8 Å². The fourth-order valence-electron chi connectivity index (χ4n) is 1.10. The molecule has 0 unspecified atom stereocenters. The van der Waals surface area contributed by atoms with Gasteiger partial charge in [-0.3, -0.25) is 0 Å². The third-order valence-corrected chi connectivity index (χ3v) is 1.89. The number of esters is 1. The second-order valence-electron chi connectivity index (χ2n) is 3.15. The third kappa shape index (κ3) is 3.46. The molecule has 1 aromatic rings.